The van der Waals surface area contributed by atoms with Crippen LogP contribution in [-0.4, -0.2) is 54.0 Å². The fourth-order valence-electron chi connectivity index (χ4n) is 3.30. The average Bonchev–Trinajstić information content (AvgIpc) is 2.50. The Morgan fingerprint density at radius 2 is 1.67 bits per heavy atom. The number of rotatable bonds is 5. The van der Waals surface area contributed by atoms with E-state index in [-0.39, 0.29) is 40.4 Å². The molecule has 0 aromatic carbocycles. The van der Waals surface area contributed by atoms with E-state index in [1.165, 1.54) is 0 Å². The minimum absolute atomic E-state index is 0.0970. The summed E-state index contributed by atoms with van der Waals surface area (Å²) < 4.78 is 88.0. The molecule has 1 aliphatic carbocycles. The van der Waals surface area contributed by atoms with Crippen LogP contribution in [-0.2, 0) is 9.53 Å². The molecule has 1 aliphatic heterocycles. The number of ether oxygens (including phenoxy) is 1. The molecule has 1 saturated heterocycles. The van der Waals surface area contributed by atoms with Crippen molar-refractivity contribution >= 4 is 5.97 Å². The molecule has 2 rings (SSSR count). The number of hydrogen-bond acceptors (Lipinski definition) is 4. The average molecular weight is 631 g/mol. The molecule has 0 aromatic heterocycles. The predicted molar refractivity (Wildman–Crippen MR) is 75.0 cm³/mol. The van der Waals surface area contributed by atoms with Crippen molar-refractivity contribution in [3.63, 3.8) is 0 Å². The van der Waals surface area contributed by atoms with Crippen LogP contribution in [0.3, 0.4) is 0 Å². The fourth-order valence-corrected chi connectivity index (χ4v) is 8.82. The summed E-state index contributed by atoms with van der Waals surface area (Å²) in [7, 11) is 0. The van der Waals surface area contributed by atoms with Gasteiger partial charge in [0.1, 0.15) is 0 Å². The van der Waals surface area contributed by atoms with E-state index in [0.29, 0.717) is 6.42 Å². The van der Waals surface area contributed by atoms with E-state index >= 15 is 0 Å². The van der Waals surface area contributed by atoms with Gasteiger partial charge in [-0.2, -0.15) is 0 Å². The van der Waals surface area contributed by atoms with Gasteiger partial charge in [-0.05, 0) is 0 Å². The Balaban J connectivity index is 2.30. The van der Waals surface area contributed by atoms with Crippen molar-refractivity contribution in [2.45, 2.75) is 66.1 Å². The zero-order chi connectivity index (χ0) is 20.7. The van der Waals surface area contributed by atoms with Crippen LogP contribution >= 0.6 is 0 Å². The Labute approximate surface area is 174 Å². The van der Waals surface area contributed by atoms with E-state index in [1.807, 2.05) is 4.93 Å². The molecule has 0 spiro atoms. The van der Waals surface area contributed by atoms with Gasteiger partial charge in [-0.25, -0.2) is 0 Å². The second-order valence-corrected chi connectivity index (χ2v) is 12.4. The summed E-state index contributed by atoms with van der Waals surface area (Å²) in [5.41, 5.74) is -4.90. The first-order valence-corrected chi connectivity index (χ1v) is 14.0. The second kappa shape index (κ2) is 8.28. The number of nitrogens with one attached hydrogen (secondary N) is 1. The standard InChI is InChI=1S/C15H21F6I2NO3/c1-12(22-2,10-7-23-24-10)11(25)27-9-6-4-3-5-8(9)13(26,14(16,17)18)15(19,20)21/h8-10,24,26H,3-7H2,1-2H3/q-2. The Morgan fingerprint density at radius 3 is 2.07 bits per heavy atom. The molecule has 4 nitrogen and oxygen atoms in total. The maximum absolute atomic E-state index is 13.3. The molecule has 2 N–H and O–H groups in total. The van der Waals surface area contributed by atoms with Crippen LogP contribution in [0.4, 0.5) is 26.3 Å². The quantitative estimate of drug-likeness (QED) is 0.108. The summed E-state index contributed by atoms with van der Waals surface area (Å²) in [5.74, 6) is -3.03. The zero-order valence-corrected chi connectivity index (χ0v) is 18.9. The molecule has 0 amide bonds. The van der Waals surface area contributed by atoms with Crippen LogP contribution in [0.1, 0.15) is 32.6 Å². The summed E-state index contributed by atoms with van der Waals surface area (Å²) in [5, 5.41) is 9.78. The van der Waals surface area contributed by atoms with Crippen LogP contribution in [0.5, 0.6) is 0 Å². The van der Waals surface area contributed by atoms with Crippen molar-refractivity contribution in [2.24, 2.45) is 5.92 Å². The third kappa shape index (κ3) is 4.32. The van der Waals surface area contributed by atoms with E-state index in [4.69, 9.17) is 4.74 Å². The second-order valence-electron chi connectivity index (χ2n) is 6.81. The first-order valence-electron chi connectivity index (χ1n) is 8.20. The van der Waals surface area contributed by atoms with Crippen molar-refractivity contribution in [3.8, 4) is 0 Å². The molecule has 1 heterocycles. The number of carbonyl (C=O) groups is 1. The number of carbonyl (C=O) groups excluding carboxylic acids is 1. The van der Waals surface area contributed by atoms with Gasteiger partial charge in [0.2, 0.25) is 0 Å². The number of hydrogen-bond donors (Lipinski definition) is 2. The van der Waals surface area contributed by atoms with Gasteiger partial charge in [-0.15, -0.1) is 0 Å². The third-order valence-electron chi connectivity index (χ3n) is 5.25. The van der Waals surface area contributed by atoms with E-state index < -0.39 is 67.0 Å². The molecular formula is C15H21F6I2NO3-2. The van der Waals surface area contributed by atoms with Crippen molar-refractivity contribution in [2.75, 3.05) is 9.36 Å². The van der Waals surface area contributed by atoms with Crippen molar-refractivity contribution in [3.05, 3.63) is 0 Å². The van der Waals surface area contributed by atoms with E-state index in [1.54, 1.807) is 6.92 Å². The number of aliphatic hydroxyl groups is 1. The van der Waals surface area contributed by atoms with Gasteiger partial charge in [0.15, 0.2) is 0 Å². The topological polar surface area (TPSA) is 58.6 Å². The van der Waals surface area contributed by atoms with Gasteiger partial charge < -0.3 is 0 Å². The number of esters is 1. The normalized spacial score (nSPS) is 30.0. The molecule has 4 atom stereocenters. The molecule has 2 fully saturated rings. The van der Waals surface area contributed by atoms with Crippen molar-refractivity contribution < 1.29 is 83.7 Å². The molecule has 0 bridgehead atoms. The van der Waals surface area contributed by atoms with Crippen LogP contribution in [0, 0.1) is 5.92 Å². The Hall–Kier alpha value is 0.430. The Bertz CT molecular complexity index is 541. The van der Waals surface area contributed by atoms with Gasteiger partial charge in [-0.3, -0.25) is 0 Å². The van der Waals surface area contributed by atoms with E-state index in [2.05, 4.69) is 3.53 Å². The molecule has 4 unspecified atom stereocenters. The summed E-state index contributed by atoms with van der Waals surface area (Å²) in [6.45, 7) is 1.65. The van der Waals surface area contributed by atoms with E-state index in [0.717, 1.165) is 4.43 Å². The van der Waals surface area contributed by atoms with Crippen LogP contribution < -0.4 is 46.2 Å². The molecule has 0 aromatic rings. The predicted octanol–water partition coefficient (Wildman–Crippen LogP) is -3.60. The van der Waals surface area contributed by atoms with Crippen LogP contribution in [0.25, 0.3) is 0 Å². The zero-order valence-electron chi connectivity index (χ0n) is 14.6. The first-order chi connectivity index (χ1) is 12.3. The number of alkyl halides is 9. The minimum atomic E-state index is -5.92. The molecular weight excluding hydrogens is 610 g/mol. The van der Waals surface area contributed by atoms with Gasteiger partial charge in [-0.1, -0.05) is 0 Å². The van der Waals surface area contributed by atoms with Crippen molar-refractivity contribution in [1.82, 2.24) is 3.53 Å². The van der Waals surface area contributed by atoms with Gasteiger partial charge >= 0.3 is 175 Å². The Morgan fingerprint density at radius 1 is 1.15 bits per heavy atom. The summed E-state index contributed by atoms with van der Waals surface area (Å²) >= 11 is -0.927. The fraction of sp³-hybridized carbons (Fsp3) is 0.933. The van der Waals surface area contributed by atoms with Crippen LogP contribution in [0.15, 0.2) is 0 Å². The molecule has 1 saturated carbocycles. The molecule has 2 aliphatic rings. The summed E-state index contributed by atoms with van der Waals surface area (Å²) in [6, 6.07) is -0.137. The van der Waals surface area contributed by atoms with Gasteiger partial charge in [0, 0.05) is 0 Å². The molecule has 162 valence electrons. The Kier molecular flexibility index (Phi) is 7.27. The molecule has 0 radical (unpaired) electrons. The van der Waals surface area contributed by atoms with Gasteiger partial charge in [0.05, 0.1) is 0 Å². The van der Waals surface area contributed by atoms with Crippen molar-refractivity contribution in [1.29, 1.82) is 0 Å². The number of halogens is 8. The molecule has 27 heavy (non-hydrogen) atoms. The third-order valence-corrected chi connectivity index (χ3v) is 11.2. The van der Waals surface area contributed by atoms with Gasteiger partial charge in [0.25, 0.3) is 0 Å². The van der Waals surface area contributed by atoms with E-state index in [9.17, 15) is 36.2 Å². The van der Waals surface area contributed by atoms with Crippen LogP contribution in [0.2, 0.25) is 0 Å². The first kappa shape index (κ1) is 23.7. The summed E-state index contributed by atoms with van der Waals surface area (Å²) in [6.07, 6.45) is -13.7. The summed E-state index contributed by atoms with van der Waals surface area (Å²) in [4.78, 5) is 14.5. The monoisotopic (exact) mass is 631 g/mol. The maximum atomic E-state index is 13.3. The molecule has 12 heteroatoms. The SMILES string of the molecule is C[I-]C(C)(C(=O)OC1CCCCC1C(O)(C(F)(F)F)C(F)(F)F)C1C[I-]N1.